The first-order valence-corrected chi connectivity index (χ1v) is 8.39. The summed E-state index contributed by atoms with van der Waals surface area (Å²) in [5.74, 6) is -0.176. The number of carbonyl (C=O) groups is 1. The molecule has 0 fully saturated rings. The number of nitrogens with one attached hydrogen (secondary N) is 1. The second-order valence-electron chi connectivity index (χ2n) is 5.06. The van der Waals surface area contributed by atoms with Gasteiger partial charge in [0.25, 0.3) is 5.91 Å². The van der Waals surface area contributed by atoms with Crippen LogP contribution in [0, 0.1) is 6.92 Å². The Labute approximate surface area is 144 Å². The van der Waals surface area contributed by atoms with Crippen LogP contribution in [0.25, 0.3) is 10.6 Å². The van der Waals surface area contributed by atoms with Crippen molar-refractivity contribution in [3.63, 3.8) is 0 Å². The van der Waals surface area contributed by atoms with Crippen LogP contribution >= 0.6 is 22.9 Å². The largest absolute Gasteiger partial charge is 0.347 e. The molecule has 0 radical (unpaired) electrons. The van der Waals surface area contributed by atoms with E-state index in [4.69, 9.17) is 11.6 Å². The van der Waals surface area contributed by atoms with E-state index in [1.54, 1.807) is 35.6 Å². The highest BCUT2D eigenvalue weighted by atomic mass is 35.5. The first kappa shape index (κ1) is 15.7. The van der Waals surface area contributed by atoms with Gasteiger partial charge in [0, 0.05) is 10.4 Å². The summed E-state index contributed by atoms with van der Waals surface area (Å²) in [7, 11) is 0. The van der Waals surface area contributed by atoms with Gasteiger partial charge in [-0.3, -0.25) is 4.79 Å². The highest BCUT2D eigenvalue weighted by Crippen LogP contribution is 2.27. The number of thiazole rings is 1. The summed E-state index contributed by atoms with van der Waals surface area (Å²) in [5.41, 5.74) is 2.51. The SMILES string of the molecule is Cc1nc(-c2ccccc2)sc1CNC(=O)c1ccccc1Cl. The van der Waals surface area contributed by atoms with E-state index in [9.17, 15) is 4.79 Å². The average Bonchev–Trinajstić information content (AvgIpc) is 2.95. The molecule has 0 bridgehead atoms. The van der Waals surface area contributed by atoms with Crippen LogP contribution in [0.3, 0.4) is 0 Å². The Bertz CT molecular complexity index is 830. The number of amides is 1. The fourth-order valence-corrected chi connectivity index (χ4v) is 3.43. The van der Waals surface area contributed by atoms with Crippen molar-refractivity contribution in [3.05, 3.63) is 75.8 Å². The van der Waals surface area contributed by atoms with Crippen molar-refractivity contribution in [3.8, 4) is 10.6 Å². The molecule has 0 aliphatic carbocycles. The van der Waals surface area contributed by atoms with E-state index >= 15 is 0 Å². The van der Waals surface area contributed by atoms with Crippen LogP contribution in [0.5, 0.6) is 0 Å². The Kier molecular flexibility index (Phi) is 4.74. The lowest BCUT2D eigenvalue weighted by Gasteiger charge is -2.05. The molecule has 3 rings (SSSR count). The second-order valence-corrected chi connectivity index (χ2v) is 6.55. The fourth-order valence-electron chi connectivity index (χ4n) is 2.20. The van der Waals surface area contributed by atoms with Crippen molar-refractivity contribution >= 4 is 28.8 Å². The van der Waals surface area contributed by atoms with Crippen LogP contribution in [0.2, 0.25) is 5.02 Å². The minimum atomic E-state index is -0.176. The van der Waals surface area contributed by atoms with E-state index in [0.717, 1.165) is 21.1 Å². The van der Waals surface area contributed by atoms with E-state index in [1.807, 2.05) is 37.3 Å². The van der Waals surface area contributed by atoms with Crippen LogP contribution in [0.15, 0.2) is 54.6 Å². The van der Waals surface area contributed by atoms with Crippen molar-refractivity contribution in [2.24, 2.45) is 0 Å². The lowest BCUT2D eigenvalue weighted by Crippen LogP contribution is -2.22. The molecule has 1 N–H and O–H groups in total. The molecule has 0 unspecified atom stereocenters. The van der Waals surface area contributed by atoms with Crippen LogP contribution in [0.4, 0.5) is 0 Å². The van der Waals surface area contributed by atoms with Crippen molar-refractivity contribution in [1.29, 1.82) is 0 Å². The zero-order valence-corrected chi connectivity index (χ0v) is 14.1. The van der Waals surface area contributed by atoms with E-state index in [0.29, 0.717) is 17.1 Å². The molecule has 1 heterocycles. The molecule has 0 saturated carbocycles. The van der Waals surface area contributed by atoms with Gasteiger partial charge in [0.1, 0.15) is 5.01 Å². The summed E-state index contributed by atoms with van der Waals surface area (Å²) in [5, 5.41) is 4.33. The van der Waals surface area contributed by atoms with Gasteiger partial charge in [0.15, 0.2) is 0 Å². The summed E-state index contributed by atoms with van der Waals surface area (Å²) in [6.07, 6.45) is 0. The number of halogens is 1. The van der Waals surface area contributed by atoms with Gasteiger partial charge in [0.2, 0.25) is 0 Å². The summed E-state index contributed by atoms with van der Waals surface area (Å²) < 4.78 is 0. The molecule has 0 aliphatic heterocycles. The van der Waals surface area contributed by atoms with E-state index in [1.165, 1.54) is 0 Å². The number of benzene rings is 2. The minimum absolute atomic E-state index is 0.176. The van der Waals surface area contributed by atoms with Crippen molar-refractivity contribution < 1.29 is 4.79 Å². The standard InChI is InChI=1S/C18H15ClN2OS/c1-12-16(23-18(21-12)13-7-3-2-4-8-13)11-20-17(22)14-9-5-6-10-15(14)19/h2-10H,11H2,1H3,(H,20,22). The van der Waals surface area contributed by atoms with Gasteiger partial charge in [0.05, 0.1) is 22.8 Å². The van der Waals surface area contributed by atoms with Gasteiger partial charge in [-0.2, -0.15) is 0 Å². The van der Waals surface area contributed by atoms with Gasteiger partial charge in [-0.05, 0) is 19.1 Å². The van der Waals surface area contributed by atoms with E-state index in [-0.39, 0.29) is 5.91 Å². The maximum Gasteiger partial charge on any atom is 0.253 e. The van der Waals surface area contributed by atoms with Crippen LogP contribution < -0.4 is 5.32 Å². The Morgan fingerprint density at radius 2 is 1.83 bits per heavy atom. The molecule has 0 atom stereocenters. The molecule has 3 aromatic rings. The van der Waals surface area contributed by atoms with Crippen LogP contribution in [0.1, 0.15) is 20.9 Å². The maximum absolute atomic E-state index is 12.2. The smallest absolute Gasteiger partial charge is 0.253 e. The molecule has 1 amide bonds. The Hall–Kier alpha value is -2.17. The number of nitrogens with zero attached hydrogens (tertiary/aromatic N) is 1. The van der Waals surface area contributed by atoms with Crippen molar-refractivity contribution in [2.75, 3.05) is 0 Å². The minimum Gasteiger partial charge on any atom is -0.347 e. The quantitative estimate of drug-likeness (QED) is 0.746. The number of aryl methyl sites for hydroxylation is 1. The molecule has 116 valence electrons. The maximum atomic E-state index is 12.2. The van der Waals surface area contributed by atoms with Gasteiger partial charge in [-0.25, -0.2) is 4.98 Å². The molecule has 2 aromatic carbocycles. The lowest BCUT2D eigenvalue weighted by atomic mass is 10.2. The molecule has 1 aromatic heterocycles. The van der Waals surface area contributed by atoms with Gasteiger partial charge >= 0.3 is 0 Å². The molecule has 3 nitrogen and oxygen atoms in total. The van der Waals surface area contributed by atoms with Crippen molar-refractivity contribution in [1.82, 2.24) is 10.3 Å². The van der Waals surface area contributed by atoms with Crippen LogP contribution in [-0.2, 0) is 6.54 Å². The lowest BCUT2D eigenvalue weighted by molar-refractivity contribution is 0.0951. The molecule has 0 aliphatic rings. The van der Waals surface area contributed by atoms with Crippen molar-refractivity contribution in [2.45, 2.75) is 13.5 Å². The summed E-state index contributed by atoms with van der Waals surface area (Å²) in [6.45, 7) is 2.40. The Morgan fingerprint density at radius 1 is 1.13 bits per heavy atom. The highest BCUT2D eigenvalue weighted by molar-refractivity contribution is 7.15. The summed E-state index contributed by atoms with van der Waals surface area (Å²) >= 11 is 7.64. The van der Waals surface area contributed by atoms with E-state index in [2.05, 4.69) is 10.3 Å². The van der Waals surface area contributed by atoms with Gasteiger partial charge in [-0.15, -0.1) is 11.3 Å². The van der Waals surface area contributed by atoms with Gasteiger partial charge in [-0.1, -0.05) is 54.1 Å². The van der Waals surface area contributed by atoms with Crippen LogP contribution in [-0.4, -0.2) is 10.9 Å². The molecule has 0 saturated heterocycles. The summed E-state index contributed by atoms with van der Waals surface area (Å²) in [4.78, 5) is 17.9. The zero-order valence-electron chi connectivity index (χ0n) is 12.5. The fraction of sp³-hybridized carbons (Fsp3) is 0.111. The highest BCUT2D eigenvalue weighted by Gasteiger charge is 2.12. The number of rotatable bonds is 4. The predicted octanol–water partition coefficient (Wildman–Crippen LogP) is 4.70. The monoisotopic (exact) mass is 342 g/mol. The second kappa shape index (κ2) is 6.94. The Balaban J connectivity index is 1.73. The number of aromatic nitrogens is 1. The molecular formula is C18H15ClN2OS. The number of hydrogen-bond donors (Lipinski definition) is 1. The third-order valence-electron chi connectivity index (χ3n) is 3.44. The third-order valence-corrected chi connectivity index (χ3v) is 4.98. The molecule has 23 heavy (non-hydrogen) atoms. The first-order chi connectivity index (χ1) is 11.1. The number of hydrogen-bond acceptors (Lipinski definition) is 3. The molecule has 0 spiro atoms. The van der Waals surface area contributed by atoms with E-state index < -0.39 is 0 Å². The zero-order chi connectivity index (χ0) is 16.2. The van der Waals surface area contributed by atoms with Gasteiger partial charge < -0.3 is 5.32 Å². The first-order valence-electron chi connectivity index (χ1n) is 7.19. The topological polar surface area (TPSA) is 42.0 Å². The number of carbonyl (C=O) groups excluding carboxylic acids is 1. The third kappa shape index (κ3) is 3.60. The predicted molar refractivity (Wildman–Crippen MR) is 94.9 cm³/mol. The average molecular weight is 343 g/mol. The summed E-state index contributed by atoms with van der Waals surface area (Å²) in [6, 6.07) is 17.1. The Morgan fingerprint density at radius 3 is 2.57 bits per heavy atom. The molecular weight excluding hydrogens is 328 g/mol. The normalized spacial score (nSPS) is 10.5. The molecule has 5 heteroatoms.